The van der Waals surface area contributed by atoms with Crippen molar-refractivity contribution in [3.63, 3.8) is 0 Å². The lowest BCUT2D eigenvalue weighted by atomic mass is 10.1. The van der Waals surface area contributed by atoms with Gasteiger partial charge in [-0.05, 0) is 12.5 Å². The molecular weight excluding hydrogens is 242 g/mol. The molecule has 19 heavy (non-hydrogen) atoms. The Hall–Kier alpha value is -2.10. The molecule has 1 unspecified atom stereocenters. The Morgan fingerprint density at radius 2 is 2.00 bits per heavy atom. The van der Waals surface area contributed by atoms with Gasteiger partial charge in [-0.15, -0.1) is 0 Å². The number of rotatable bonds is 5. The van der Waals surface area contributed by atoms with Crippen LogP contribution in [0.15, 0.2) is 30.8 Å². The van der Waals surface area contributed by atoms with Gasteiger partial charge in [-0.2, -0.15) is 0 Å². The summed E-state index contributed by atoms with van der Waals surface area (Å²) in [4.78, 5) is 25.0. The number of nitrogens with zero attached hydrogens (tertiary/aromatic N) is 1. The fourth-order valence-corrected chi connectivity index (χ4v) is 2.39. The quantitative estimate of drug-likeness (QED) is 0.884. The first kappa shape index (κ1) is 13.3. The molecule has 1 aliphatic heterocycles. The van der Waals surface area contributed by atoms with E-state index < -0.39 is 12.0 Å². The molecule has 1 amide bonds. The van der Waals surface area contributed by atoms with Crippen LogP contribution in [-0.2, 0) is 4.79 Å². The summed E-state index contributed by atoms with van der Waals surface area (Å²) in [6.45, 7) is 5.87. The molecule has 0 saturated heterocycles. The highest BCUT2D eigenvalue weighted by atomic mass is 16.4. The summed E-state index contributed by atoms with van der Waals surface area (Å²) < 4.78 is 0. The normalized spacial score (nSPS) is 15.5. The molecule has 0 aromatic heterocycles. The highest BCUT2D eigenvalue weighted by Crippen LogP contribution is 2.34. The first-order valence-electron chi connectivity index (χ1n) is 6.42. The zero-order valence-corrected chi connectivity index (χ0v) is 10.9. The average molecular weight is 259 g/mol. The minimum absolute atomic E-state index is 0.260. The second kappa shape index (κ2) is 5.26. The van der Waals surface area contributed by atoms with E-state index in [1.807, 2.05) is 13.0 Å². The number of hydrogen-bond acceptors (Lipinski definition) is 2. The molecule has 4 heteroatoms. The maximum absolute atomic E-state index is 12.3. The highest BCUT2D eigenvalue weighted by molar-refractivity contribution is 6.10. The zero-order chi connectivity index (χ0) is 14.0. The highest BCUT2D eigenvalue weighted by Gasteiger charge is 2.38. The van der Waals surface area contributed by atoms with Gasteiger partial charge in [0.1, 0.15) is 6.04 Å². The fraction of sp³-hybridized carbons (Fsp3) is 0.333. The van der Waals surface area contributed by atoms with Crippen molar-refractivity contribution in [2.45, 2.75) is 32.2 Å². The topological polar surface area (TPSA) is 57.6 Å². The van der Waals surface area contributed by atoms with Crippen LogP contribution in [0, 0.1) is 0 Å². The average Bonchev–Trinajstić information content (AvgIpc) is 2.64. The number of benzene rings is 1. The molecule has 0 aliphatic carbocycles. The standard InChI is InChI=1S/C15H17NO3/c1-3-4-9-13(15(18)19)16-10(2)11-7-5-6-8-12(11)14(16)17/h5-8,13H,2-4,9H2,1H3,(H,18,19). The van der Waals surface area contributed by atoms with E-state index in [4.69, 9.17) is 0 Å². The Labute approximate surface area is 112 Å². The second-order valence-corrected chi connectivity index (χ2v) is 4.66. The largest absolute Gasteiger partial charge is 0.480 e. The van der Waals surface area contributed by atoms with E-state index >= 15 is 0 Å². The summed E-state index contributed by atoms with van der Waals surface area (Å²) in [5.41, 5.74) is 1.76. The molecule has 0 saturated carbocycles. The zero-order valence-electron chi connectivity index (χ0n) is 10.9. The third-order valence-electron chi connectivity index (χ3n) is 3.41. The molecule has 0 radical (unpaired) electrons. The van der Waals surface area contributed by atoms with Crippen molar-refractivity contribution in [1.29, 1.82) is 0 Å². The first-order chi connectivity index (χ1) is 9.07. The smallest absolute Gasteiger partial charge is 0.326 e. The van der Waals surface area contributed by atoms with Gasteiger partial charge < -0.3 is 5.11 Å². The van der Waals surface area contributed by atoms with Crippen molar-refractivity contribution in [1.82, 2.24) is 4.90 Å². The number of hydrogen-bond donors (Lipinski definition) is 1. The third-order valence-corrected chi connectivity index (χ3v) is 3.41. The summed E-state index contributed by atoms with van der Waals surface area (Å²) in [5.74, 6) is -1.24. The Kier molecular flexibility index (Phi) is 3.69. The van der Waals surface area contributed by atoms with Crippen molar-refractivity contribution in [3.05, 3.63) is 42.0 Å². The van der Waals surface area contributed by atoms with Gasteiger partial charge in [-0.25, -0.2) is 4.79 Å². The fourth-order valence-electron chi connectivity index (χ4n) is 2.39. The Bertz CT molecular complexity index is 501. The van der Waals surface area contributed by atoms with Crippen molar-refractivity contribution in [2.75, 3.05) is 0 Å². The maximum Gasteiger partial charge on any atom is 0.326 e. The summed E-state index contributed by atoms with van der Waals surface area (Å²) in [7, 11) is 0. The molecule has 2 rings (SSSR count). The molecule has 100 valence electrons. The molecule has 1 heterocycles. The molecule has 0 spiro atoms. The second-order valence-electron chi connectivity index (χ2n) is 4.66. The summed E-state index contributed by atoms with van der Waals surface area (Å²) >= 11 is 0. The Morgan fingerprint density at radius 1 is 1.37 bits per heavy atom. The van der Waals surface area contributed by atoms with Crippen LogP contribution in [0.25, 0.3) is 5.70 Å². The molecule has 1 aliphatic rings. The van der Waals surface area contributed by atoms with Gasteiger partial charge in [0, 0.05) is 16.8 Å². The van der Waals surface area contributed by atoms with Crippen LogP contribution < -0.4 is 0 Å². The van der Waals surface area contributed by atoms with Crippen LogP contribution in [0.1, 0.15) is 42.1 Å². The molecule has 4 nitrogen and oxygen atoms in total. The molecular formula is C15H17NO3. The molecule has 1 aromatic rings. The summed E-state index contributed by atoms with van der Waals surface area (Å²) in [5, 5.41) is 9.34. The van der Waals surface area contributed by atoms with Gasteiger partial charge in [0.2, 0.25) is 0 Å². The number of unbranched alkanes of at least 4 members (excludes halogenated alkanes) is 1. The number of carboxylic acid groups (broad SMARTS) is 1. The first-order valence-corrected chi connectivity index (χ1v) is 6.42. The minimum Gasteiger partial charge on any atom is -0.480 e. The summed E-state index contributed by atoms with van der Waals surface area (Å²) in [6, 6.07) is 6.28. The van der Waals surface area contributed by atoms with Crippen molar-refractivity contribution < 1.29 is 14.7 Å². The van der Waals surface area contributed by atoms with Crippen LogP contribution in [0.2, 0.25) is 0 Å². The minimum atomic E-state index is -0.976. The monoisotopic (exact) mass is 259 g/mol. The van der Waals surface area contributed by atoms with E-state index in [2.05, 4.69) is 6.58 Å². The lowest BCUT2D eigenvalue weighted by Gasteiger charge is -2.25. The molecule has 1 N–H and O–H groups in total. The van der Waals surface area contributed by atoms with Gasteiger partial charge in [0.15, 0.2) is 0 Å². The third kappa shape index (κ3) is 2.26. The van der Waals surface area contributed by atoms with Gasteiger partial charge >= 0.3 is 5.97 Å². The maximum atomic E-state index is 12.3. The molecule has 0 bridgehead atoms. The molecule has 0 fully saturated rings. The van der Waals surface area contributed by atoms with Crippen LogP contribution in [0.3, 0.4) is 0 Å². The van der Waals surface area contributed by atoms with E-state index in [0.29, 0.717) is 17.7 Å². The van der Waals surface area contributed by atoms with Gasteiger partial charge in [-0.1, -0.05) is 44.5 Å². The lowest BCUT2D eigenvalue weighted by molar-refractivity contribution is -0.141. The lowest BCUT2D eigenvalue weighted by Crippen LogP contribution is -2.40. The summed E-state index contributed by atoms with van der Waals surface area (Å²) in [6.07, 6.45) is 2.11. The van der Waals surface area contributed by atoms with Gasteiger partial charge in [-0.3, -0.25) is 9.69 Å². The number of carbonyl (C=O) groups excluding carboxylic acids is 1. The number of aliphatic carboxylic acids is 1. The molecule has 1 aromatic carbocycles. The number of amides is 1. The number of carbonyl (C=O) groups is 2. The van der Waals surface area contributed by atoms with Crippen molar-refractivity contribution in [3.8, 4) is 0 Å². The predicted molar refractivity (Wildman–Crippen MR) is 72.6 cm³/mol. The van der Waals surface area contributed by atoms with Crippen LogP contribution in [0.4, 0.5) is 0 Å². The SMILES string of the molecule is C=C1c2ccccc2C(=O)N1C(CCCC)C(=O)O. The van der Waals surface area contributed by atoms with Gasteiger partial charge in [0.25, 0.3) is 5.91 Å². The van der Waals surface area contributed by atoms with Crippen molar-refractivity contribution >= 4 is 17.6 Å². The Morgan fingerprint density at radius 3 is 2.53 bits per heavy atom. The van der Waals surface area contributed by atoms with Crippen LogP contribution >= 0.6 is 0 Å². The van der Waals surface area contributed by atoms with E-state index in [9.17, 15) is 14.7 Å². The van der Waals surface area contributed by atoms with E-state index in [-0.39, 0.29) is 5.91 Å². The van der Waals surface area contributed by atoms with E-state index in [1.54, 1.807) is 18.2 Å². The number of fused-ring (bicyclic) bond motifs is 1. The van der Waals surface area contributed by atoms with Crippen LogP contribution in [0.5, 0.6) is 0 Å². The predicted octanol–water partition coefficient (Wildman–Crippen LogP) is 2.76. The molecule has 1 atom stereocenters. The number of carboxylic acids is 1. The Balaban J connectivity index is 2.33. The van der Waals surface area contributed by atoms with E-state index in [0.717, 1.165) is 18.4 Å². The van der Waals surface area contributed by atoms with Gasteiger partial charge in [0.05, 0.1) is 0 Å². The van der Waals surface area contributed by atoms with Crippen molar-refractivity contribution in [2.24, 2.45) is 0 Å². The van der Waals surface area contributed by atoms with Crippen LogP contribution in [-0.4, -0.2) is 27.9 Å². The van der Waals surface area contributed by atoms with E-state index in [1.165, 1.54) is 4.90 Å².